The summed E-state index contributed by atoms with van der Waals surface area (Å²) in [6.45, 7) is 5.72. The van der Waals surface area contributed by atoms with Crippen LogP contribution in [0, 0.1) is 5.82 Å². The summed E-state index contributed by atoms with van der Waals surface area (Å²) in [6.07, 6.45) is 0. The number of benzene rings is 1. The fourth-order valence-electron chi connectivity index (χ4n) is 2.31. The molecule has 0 aromatic heterocycles. The quantitative estimate of drug-likeness (QED) is 0.806. The second kappa shape index (κ2) is 3.91. The second-order valence-electron chi connectivity index (χ2n) is 4.36. The highest BCUT2D eigenvalue weighted by molar-refractivity contribution is 5.35. The van der Waals surface area contributed by atoms with Gasteiger partial charge in [-0.15, -0.1) is 0 Å². The largest absolute Gasteiger partial charge is 0.329 e. The minimum Gasteiger partial charge on any atom is -0.329 e. The molecule has 3 heteroatoms. The summed E-state index contributed by atoms with van der Waals surface area (Å²) in [4.78, 5) is 2.31. The second-order valence-corrected chi connectivity index (χ2v) is 4.36. The van der Waals surface area contributed by atoms with Gasteiger partial charge in [0.05, 0.1) is 0 Å². The van der Waals surface area contributed by atoms with Crippen molar-refractivity contribution in [2.24, 2.45) is 5.73 Å². The van der Waals surface area contributed by atoms with E-state index in [0.717, 1.165) is 12.1 Å². The molecule has 1 atom stereocenters. The van der Waals surface area contributed by atoms with Crippen molar-refractivity contribution >= 4 is 0 Å². The molecule has 0 bridgehead atoms. The van der Waals surface area contributed by atoms with Crippen LogP contribution < -0.4 is 5.73 Å². The van der Waals surface area contributed by atoms with Crippen molar-refractivity contribution < 1.29 is 4.39 Å². The summed E-state index contributed by atoms with van der Waals surface area (Å²) < 4.78 is 13.1. The Balaban J connectivity index is 2.38. The van der Waals surface area contributed by atoms with Gasteiger partial charge in [-0.25, -0.2) is 4.39 Å². The van der Waals surface area contributed by atoms with Crippen LogP contribution in [-0.2, 0) is 6.54 Å². The Morgan fingerprint density at radius 2 is 2.27 bits per heavy atom. The summed E-state index contributed by atoms with van der Waals surface area (Å²) in [5.41, 5.74) is 8.03. The third kappa shape index (κ3) is 1.77. The Morgan fingerprint density at radius 1 is 1.53 bits per heavy atom. The first-order valence-electron chi connectivity index (χ1n) is 5.37. The topological polar surface area (TPSA) is 29.3 Å². The van der Waals surface area contributed by atoms with Crippen molar-refractivity contribution in [2.45, 2.75) is 32.5 Å². The molecule has 0 aliphatic carbocycles. The van der Waals surface area contributed by atoms with Gasteiger partial charge in [0.1, 0.15) is 5.82 Å². The van der Waals surface area contributed by atoms with Crippen molar-refractivity contribution in [3.05, 3.63) is 35.1 Å². The highest BCUT2D eigenvalue weighted by Gasteiger charge is 2.30. The maximum Gasteiger partial charge on any atom is 0.123 e. The Labute approximate surface area is 89.9 Å². The van der Waals surface area contributed by atoms with Gasteiger partial charge in [-0.1, -0.05) is 6.07 Å². The Hall–Kier alpha value is -0.930. The van der Waals surface area contributed by atoms with Crippen LogP contribution in [0.2, 0.25) is 0 Å². The molecule has 0 saturated heterocycles. The fourth-order valence-corrected chi connectivity index (χ4v) is 2.31. The van der Waals surface area contributed by atoms with E-state index in [1.54, 1.807) is 6.07 Å². The standard InChI is InChI=1S/C12H17FN2/c1-8(2)15-7-9-3-4-10(13)5-11(9)12(15)6-14/h3-5,8,12H,6-7,14H2,1-2H3. The number of halogens is 1. The molecule has 0 fully saturated rings. The van der Waals surface area contributed by atoms with E-state index < -0.39 is 0 Å². The van der Waals surface area contributed by atoms with Crippen LogP contribution in [0.5, 0.6) is 0 Å². The lowest BCUT2D eigenvalue weighted by Crippen LogP contribution is -2.33. The van der Waals surface area contributed by atoms with Gasteiger partial charge in [-0.3, -0.25) is 4.90 Å². The van der Waals surface area contributed by atoms with Crippen LogP contribution in [0.15, 0.2) is 18.2 Å². The molecule has 15 heavy (non-hydrogen) atoms. The highest BCUT2D eigenvalue weighted by Crippen LogP contribution is 2.34. The van der Waals surface area contributed by atoms with E-state index in [-0.39, 0.29) is 11.9 Å². The first kappa shape index (κ1) is 10.6. The minimum atomic E-state index is -0.169. The Morgan fingerprint density at radius 3 is 2.87 bits per heavy atom. The summed E-state index contributed by atoms with van der Waals surface area (Å²) >= 11 is 0. The van der Waals surface area contributed by atoms with E-state index in [9.17, 15) is 4.39 Å². The maximum absolute atomic E-state index is 13.1. The number of nitrogens with zero attached hydrogens (tertiary/aromatic N) is 1. The van der Waals surface area contributed by atoms with Crippen LogP contribution in [0.4, 0.5) is 4.39 Å². The molecular weight excluding hydrogens is 191 g/mol. The van der Waals surface area contributed by atoms with E-state index in [0.29, 0.717) is 12.6 Å². The summed E-state index contributed by atoms with van der Waals surface area (Å²) in [7, 11) is 0. The SMILES string of the molecule is CC(C)N1Cc2ccc(F)cc2C1CN. The zero-order chi connectivity index (χ0) is 11.0. The first-order valence-corrected chi connectivity index (χ1v) is 5.37. The molecule has 1 aliphatic rings. The lowest BCUT2D eigenvalue weighted by molar-refractivity contribution is 0.172. The lowest BCUT2D eigenvalue weighted by atomic mass is 10.0. The number of hydrogen-bond acceptors (Lipinski definition) is 2. The lowest BCUT2D eigenvalue weighted by Gasteiger charge is -2.27. The first-order chi connectivity index (χ1) is 7.13. The van der Waals surface area contributed by atoms with E-state index in [2.05, 4.69) is 18.7 Å². The molecular formula is C12H17FN2. The molecule has 1 heterocycles. The van der Waals surface area contributed by atoms with E-state index >= 15 is 0 Å². The summed E-state index contributed by atoms with van der Waals surface area (Å²) in [5, 5.41) is 0. The Bertz CT molecular complexity index is 363. The highest BCUT2D eigenvalue weighted by atomic mass is 19.1. The molecule has 1 aromatic carbocycles. The van der Waals surface area contributed by atoms with E-state index in [1.807, 2.05) is 6.07 Å². The average molecular weight is 208 g/mol. The average Bonchev–Trinajstić information content (AvgIpc) is 2.55. The molecule has 2 rings (SSSR count). The molecule has 0 saturated carbocycles. The third-order valence-corrected chi connectivity index (χ3v) is 3.11. The number of nitrogens with two attached hydrogens (primary N) is 1. The van der Waals surface area contributed by atoms with Gasteiger partial charge in [-0.05, 0) is 37.1 Å². The van der Waals surface area contributed by atoms with Crippen LogP contribution >= 0.6 is 0 Å². The maximum atomic E-state index is 13.1. The van der Waals surface area contributed by atoms with Crippen LogP contribution in [0.25, 0.3) is 0 Å². The molecule has 2 N–H and O–H groups in total. The predicted molar refractivity (Wildman–Crippen MR) is 58.9 cm³/mol. The van der Waals surface area contributed by atoms with Crippen LogP contribution in [0.1, 0.15) is 31.0 Å². The van der Waals surface area contributed by atoms with Crippen molar-refractivity contribution in [3.8, 4) is 0 Å². The zero-order valence-corrected chi connectivity index (χ0v) is 9.20. The fraction of sp³-hybridized carbons (Fsp3) is 0.500. The molecule has 1 aliphatic heterocycles. The molecule has 2 nitrogen and oxygen atoms in total. The minimum absolute atomic E-state index is 0.169. The van der Waals surface area contributed by atoms with Gasteiger partial charge >= 0.3 is 0 Å². The van der Waals surface area contributed by atoms with Gasteiger partial charge in [0.15, 0.2) is 0 Å². The molecule has 0 spiro atoms. The van der Waals surface area contributed by atoms with Crippen molar-refractivity contribution in [2.75, 3.05) is 6.54 Å². The predicted octanol–water partition coefficient (Wildman–Crippen LogP) is 2.05. The van der Waals surface area contributed by atoms with E-state index in [4.69, 9.17) is 5.73 Å². The van der Waals surface area contributed by atoms with Gasteiger partial charge < -0.3 is 5.73 Å². The van der Waals surface area contributed by atoms with Crippen LogP contribution in [-0.4, -0.2) is 17.5 Å². The smallest absolute Gasteiger partial charge is 0.123 e. The van der Waals surface area contributed by atoms with Gasteiger partial charge in [0.25, 0.3) is 0 Å². The number of rotatable bonds is 2. The van der Waals surface area contributed by atoms with Gasteiger partial charge in [-0.2, -0.15) is 0 Å². The molecule has 0 amide bonds. The molecule has 0 radical (unpaired) electrons. The van der Waals surface area contributed by atoms with Gasteiger partial charge in [0.2, 0.25) is 0 Å². The summed E-state index contributed by atoms with van der Waals surface area (Å²) in [6, 6.07) is 5.63. The van der Waals surface area contributed by atoms with Crippen molar-refractivity contribution in [3.63, 3.8) is 0 Å². The molecule has 1 unspecified atom stereocenters. The molecule has 1 aromatic rings. The third-order valence-electron chi connectivity index (χ3n) is 3.11. The number of hydrogen-bond donors (Lipinski definition) is 1. The van der Waals surface area contributed by atoms with Crippen LogP contribution in [0.3, 0.4) is 0 Å². The zero-order valence-electron chi connectivity index (χ0n) is 9.20. The summed E-state index contributed by atoms with van der Waals surface area (Å²) in [5.74, 6) is -0.169. The van der Waals surface area contributed by atoms with E-state index in [1.165, 1.54) is 11.6 Å². The Kier molecular flexibility index (Phi) is 2.76. The van der Waals surface area contributed by atoms with Crippen molar-refractivity contribution in [1.29, 1.82) is 0 Å². The monoisotopic (exact) mass is 208 g/mol. The molecule has 82 valence electrons. The number of fused-ring (bicyclic) bond motifs is 1. The van der Waals surface area contributed by atoms with Gasteiger partial charge in [0, 0.05) is 25.2 Å². The van der Waals surface area contributed by atoms with Crippen molar-refractivity contribution in [1.82, 2.24) is 4.90 Å². The normalized spacial score (nSPS) is 21.0.